The van der Waals surface area contributed by atoms with Crippen molar-refractivity contribution in [2.75, 3.05) is 0 Å². The van der Waals surface area contributed by atoms with Crippen LogP contribution in [0.2, 0.25) is 0 Å². The molecule has 130 valence electrons. The third-order valence-electron chi connectivity index (χ3n) is 4.00. The Morgan fingerprint density at radius 1 is 1.28 bits per heavy atom. The molecule has 0 aliphatic carbocycles. The van der Waals surface area contributed by atoms with Gasteiger partial charge in [-0.3, -0.25) is 9.20 Å². The van der Waals surface area contributed by atoms with E-state index in [4.69, 9.17) is 0 Å². The molecule has 2 heterocycles. The Labute approximate surface area is 151 Å². The van der Waals surface area contributed by atoms with E-state index in [0.29, 0.717) is 0 Å². The van der Waals surface area contributed by atoms with Crippen LogP contribution in [-0.4, -0.2) is 21.0 Å². The molecule has 6 heteroatoms. The van der Waals surface area contributed by atoms with Gasteiger partial charge in [-0.2, -0.15) is 5.10 Å². The predicted octanol–water partition coefficient (Wildman–Crippen LogP) is 3.78. The summed E-state index contributed by atoms with van der Waals surface area (Å²) in [7, 11) is 0. The molecule has 0 saturated carbocycles. The van der Waals surface area contributed by atoms with E-state index in [-0.39, 0.29) is 17.7 Å². The van der Waals surface area contributed by atoms with Crippen molar-refractivity contribution in [3.63, 3.8) is 0 Å². The van der Waals surface area contributed by atoms with Gasteiger partial charge >= 0.3 is 0 Å². The van der Waals surface area contributed by atoms with Crippen molar-refractivity contribution in [2.24, 2.45) is 5.10 Å². The lowest BCUT2D eigenvalue weighted by molar-refractivity contribution is -0.120. The van der Waals surface area contributed by atoms with Crippen LogP contribution >= 0.6 is 11.3 Å². The average Bonchev–Trinajstić information content (AvgIpc) is 3.13. The first-order valence-corrected chi connectivity index (χ1v) is 9.06. The molecule has 5 nitrogen and oxygen atoms in total. The maximum Gasteiger partial charge on any atom is 0.246 e. The molecule has 0 aliphatic heterocycles. The lowest BCUT2D eigenvalue weighted by Crippen LogP contribution is -2.21. The van der Waals surface area contributed by atoms with Gasteiger partial charge in [-0.05, 0) is 23.5 Å². The summed E-state index contributed by atoms with van der Waals surface area (Å²) in [5, 5.41) is 6.17. The number of hydrogen-bond donors (Lipinski definition) is 1. The number of nitrogens with zero attached hydrogens (tertiary/aromatic N) is 3. The number of amides is 1. The number of hydrogen-bond acceptors (Lipinski definition) is 4. The number of rotatable bonds is 4. The quantitative estimate of drug-likeness (QED) is 0.573. The molecule has 0 fully saturated rings. The zero-order chi connectivity index (χ0) is 18.0. The Hall–Kier alpha value is -2.47. The number of fused-ring (bicyclic) bond motifs is 1. The number of hydrazone groups is 1. The largest absolute Gasteiger partial charge is 0.297 e. The van der Waals surface area contributed by atoms with Crippen LogP contribution in [0.3, 0.4) is 0 Å². The maximum atomic E-state index is 12.1. The highest BCUT2D eigenvalue weighted by Gasteiger charge is 2.13. The minimum Gasteiger partial charge on any atom is -0.297 e. The molecule has 0 radical (unpaired) electrons. The van der Waals surface area contributed by atoms with Gasteiger partial charge in [-0.25, -0.2) is 10.4 Å². The molecule has 1 amide bonds. The summed E-state index contributed by atoms with van der Waals surface area (Å²) in [6.45, 7) is 8.44. The van der Waals surface area contributed by atoms with E-state index in [2.05, 4.69) is 48.4 Å². The molecular formula is C19H22N4OS. The first-order valence-electron chi connectivity index (χ1n) is 8.18. The summed E-state index contributed by atoms with van der Waals surface area (Å²) in [6, 6.07) is 8.28. The number of aromatic nitrogens is 2. The summed E-state index contributed by atoms with van der Waals surface area (Å²) in [6.07, 6.45) is 4.01. The van der Waals surface area contributed by atoms with E-state index in [9.17, 15) is 4.79 Å². The van der Waals surface area contributed by atoms with Crippen LogP contribution in [0, 0.1) is 0 Å². The van der Waals surface area contributed by atoms with Crippen molar-refractivity contribution >= 4 is 27.9 Å². The van der Waals surface area contributed by atoms with Gasteiger partial charge in [-0.15, -0.1) is 11.3 Å². The topological polar surface area (TPSA) is 58.8 Å². The van der Waals surface area contributed by atoms with Crippen LogP contribution in [-0.2, 0) is 16.6 Å². The van der Waals surface area contributed by atoms with E-state index in [1.54, 1.807) is 11.3 Å². The number of carbonyl (C=O) groups excluding carboxylic acids is 1. The Balaban J connectivity index is 1.62. The molecule has 3 rings (SSSR count). The molecule has 0 unspecified atom stereocenters. The molecule has 0 atom stereocenters. The molecule has 2 aromatic heterocycles. The van der Waals surface area contributed by atoms with Gasteiger partial charge in [0, 0.05) is 17.8 Å². The second-order valence-electron chi connectivity index (χ2n) is 7.06. The molecule has 1 aromatic carbocycles. The molecule has 25 heavy (non-hydrogen) atoms. The highest BCUT2D eigenvalue weighted by atomic mass is 32.1. The van der Waals surface area contributed by atoms with Gasteiger partial charge in [0.05, 0.1) is 17.8 Å². The highest BCUT2D eigenvalue weighted by Crippen LogP contribution is 2.22. The number of benzene rings is 1. The standard InChI is InChI=1S/C19H22N4OS/c1-13(14-5-7-15(8-6-14)19(2,3)4)21-22-17(24)11-16-12-23-9-10-25-18(23)20-16/h5-10,12H,11H2,1-4H3,(H,22,24). The summed E-state index contributed by atoms with van der Waals surface area (Å²) in [4.78, 5) is 17.4. The minimum absolute atomic E-state index is 0.121. The van der Waals surface area contributed by atoms with Crippen LogP contribution in [0.15, 0.2) is 47.1 Å². The molecule has 0 saturated heterocycles. The Bertz CT molecular complexity index is 884. The average molecular weight is 354 g/mol. The third-order valence-corrected chi connectivity index (χ3v) is 4.77. The maximum absolute atomic E-state index is 12.1. The lowest BCUT2D eigenvalue weighted by atomic mass is 9.86. The van der Waals surface area contributed by atoms with E-state index in [1.807, 2.05) is 41.2 Å². The SMILES string of the molecule is CC(=NNC(=O)Cc1cn2ccsc2n1)c1ccc(C(C)(C)C)cc1. The Kier molecular flexibility index (Phi) is 4.72. The van der Waals surface area contributed by atoms with Crippen LogP contribution in [0.25, 0.3) is 4.96 Å². The van der Waals surface area contributed by atoms with E-state index in [0.717, 1.165) is 21.9 Å². The minimum atomic E-state index is -0.170. The van der Waals surface area contributed by atoms with Crippen molar-refractivity contribution in [1.29, 1.82) is 0 Å². The Morgan fingerprint density at radius 2 is 2.00 bits per heavy atom. The van der Waals surface area contributed by atoms with Gasteiger partial charge in [0.15, 0.2) is 4.96 Å². The van der Waals surface area contributed by atoms with E-state index in [1.165, 1.54) is 5.56 Å². The summed E-state index contributed by atoms with van der Waals surface area (Å²) < 4.78 is 1.92. The fraction of sp³-hybridized carbons (Fsp3) is 0.316. The van der Waals surface area contributed by atoms with Gasteiger partial charge in [0.2, 0.25) is 5.91 Å². The molecule has 0 aliphatic rings. The van der Waals surface area contributed by atoms with Crippen LogP contribution in [0.1, 0.15) is 44.5 Å². The van der Waals surface area contributed by atoms with Gasteiger partial charge in [-0.1, -0.05) is 45.0 Å². The molecule has 0 spiro atoms. The normalized spacial score (nSPS) is 12.6. The third kappa shape index (κ3) is 4.14. The second-order valence-corrected chi connectivity index (χ2v) is 7.93. The van der Waals surface area contributed by atoms with E-state index < -0.39 is 0 Å². The van der Waals surface area contributed by atoms with Crippen molar-refractivity contribution < 1.29 is 4.79 Å². The fourth-order valence-corrected chi connectivity index (χ4v) is 3.21. The lowest BCUT2D eigenvalue weighted by Gasteiger charge is -2.19. The van der Waals surface area contributed by atoms with Crippen molar-refractivity contribution in [2.45, 2.75) is 39.5 Å². The predicted molar refractivity (Wildman–Crippen MR) is 102 cm³/mol. The zero-order valence-corrected chi connectivity index (χ0v) is 15.7. The van der Waals surface area contributed by atoms with Crippen molar-refractivity contribution in [3.05, 3.63) is 58.9 Å². The first kappa shape index (κ1) is 17.4. The number of imidazole rings is 1. The summed E-state index contributed by atoms with van der Waals surface area (Å²) in [5.41, 5.74) is 6.52. The highest BCUT2D eigenvalue weighted by molar-refractivity contribution is 7.15. The van der Waals surface area contributed by atoms with Crippen LogP contribution < -0.4 is 5.43 Å². The number of nitrogens with one attached hydrogen (secondary N) is 1. The molecule has 1 N–H and O–H groups in total. The van der Waals surface area contributed by atoms with Gasteiger partial charge in [0.1, 0.15) is 0 Å². The molecule has 3 aromatic rings. The van der Waals surface area contributed by atoms with Crippen LogP contribution in [0.5, 0.6) is 0 Å². The first-order chi connectivity index (χ1) is 11.8. The van der Waals surface area contributed by atoms with Crippen LogP contribution in [0.4, 0.5) is 0 Å². The molecular weight excluding hydrogens is 332 g/mol. The molecule has 0 bridgehead atoms. The van der Waals surface area contributed by atoms with Gasteiger partial charge < -0.3 is 0 Å². The zero-order valence-electron chi connectivity index (χ0n) is 14.9. The monoisotopic (exact) mass is 354 g/mol. The summed E-state index contributed by atoms with van der Waals surface area (Å²) >= 11 is 1.55. The number of thiazole rings is 1. The van der Waals surface area contributed by atoms with Crippen molar-refractivity contribution in [1.82, 2.24) is 14.8 Å². The Morgan fingerprint density at radius 3 is 2.64 bits per heavy atom. The van der Waals surface area contributed by atoms with Crippen molar-refractivity contribution in [3.8, 4) is 0 Å². The summed E-state index contributed by atoms with van der Waals surface area (Å²) in [5.74, 6) is -0.170. The van der Waals surface area contributed by atoms with Gasteiger partial charge in [0.25, 0.3) is 0 Å². The fourth-order valence-electron chi connectivity index (χ4n) is 2.49. The van der Waals surface area contributed by atoms with E-state index >= 15 is 0 Å². The number of carbonyl (C=O) groups is 1. The smallest absolute Gasteiger partial charge is 0.246 e. The second kappa shape index (κ2) is 6.80.